The summed E-state index contributed by atoms with van der Waals surface area (Å²) >= 11 is 6.62. The van der Waals surface area contributed by atoms with E-state index >= 15 is 0 Å². The lowest BCUT2D eigenvalue weighted by Crippen LogP contribution is -2.37. The monoisotopic (exact) mass is 406 g/mol. The Hall–Kier alpha value is -0.920. The fourth-order valence-corrected chi connectivity index (χ4v) is 2.67. The Morgan fingerprint density at radius 2 is 1.95 bits per heavy atom. The number of rotatable bonds is 4. The van der Waals surface area contributed by atoms with E-state index < -0.39 is 11.4 Å². The Morgan fingerprint density at radius 3 is 2.45 bits per heavy atom. The normalized spacial score (nSPS) is 11.1. The van der Waals surface area contributed by atoms with Gasteiger partial charge in [0.05, 0.1) is 23.8 Å². The van der Waals surface area contributed by atoms with E-state index in [1.165, 1.54) is 7.11 Å². The van der Waals surface area contributed by atoms with Crippen LogP contribution in [0.25, 0.3) is 0 Å². The standard InChI is InChI=1S/C13H16Br2N2O3/c1-13(2,6-16)12(19)17-10-8(11(18)20-3)4-7(14)5-9(10)15/h4-5H,6,16H2,1-3H3,(H,17,19). The number of halogens is 2. The molecule has 0 bridgehead atoms. The minimum Gasteiger partial charge on any atom is -0.465 e. The Bertz CT molecular complexity index is 545. The van der Waals surface area contributed by atoms with E-state index in [4.69, 9.17) is 10.5 Å². The number of hydrogen-bond acceptors (Lipinski definition) is 4. The molecule has 1 amide bonds. The Balaban J connectivity index is 3.24. The number of methoxy groups -OCH3 is 1. The van der Waals surface area contributed by atoms with Crippen molar-refractivity contribution in [3.8, 4) is 0 Å². The zero-order chi connectivity index (χ0) is 15.5. The molecule has 7 heteroatoms. The van der Waals surface area contributed by atoms with Crippen LogP contribution in [0.1, 0.15) is 24.2 Å². The number of nitrogens with two attached hydrogens (primary N) is 1. The Morgan fingerprint density at radius 1 is 1.35 bits per heavy atom. The van der Waals surface area contributed by atoms with E-state index in [1.54, 1.807) is 26.0 Å². The van der Waals surface area contributed by atoms with Crippen molar-refractivity contribution in [3.63, 3.8) is 0 Å². The molecule has 0 spiro atoms. The van der Waals surface area contributed by atoms with E-state index in [2.05, 4.69) is 37.2 Å². The van der Waals surface area contributed by atoms with Gasteiger partial charge in [0.25, 0.3) is 0 Å². The first-order valence-corrected chi connectivity index (χ1v) is 7.40. The molecule has 3 N–H and O–H groups in total. The maximum absolute atomic E-state index is 12.2. The zero-order valence-corrected chi connectivity index (χ0v) is 14.6. The van der Waals surface area contributed by atoms with Crippen molar-refractivity contribution in [2.24, 2.45) is 11.1 Å². The summed E-state index contributed by atoms with van der Waals surface area (Å²) in [5, 5.41) is 2.72. The van der Waals surface area contributed by atoms with Crippen LogP contribution >= 0.6 is 31.9 Å². The molecule has 110 valence electrons. The van der Waals surface area contributed by atoms with Crippen molar-refractivity contribution in [1.29, 1.82) is 0 Å². The highest BCUT2D eigenvalue weighted by atomic mass is 79.9. The van der Waals surface area contributed by atoms with Crippen molar-refractivity contribution in [3.05, 3.63) is 26.6 Å². The van der Waals surface area contributed by atoms with Crippen LogP contribution in [0, 0.1) is 5.41 Å². The van der Waals surface area contributed by atoms with Gasteiger partial charge < -0.3 is 15.8 Å². The average molecular weight is 408 g/mol. The zero-order valence-electron chi connectivity index (χ0n) is 11.4. The molecule has 0 fully saturated rings. The molecule has 0 aromatic heterocycles. The number of carbonyl (C=O) groups is 2. The van der Waals surface area contributed by atoms with Crippen LogP contribution in [0.2, 0.25) is 0 Å². The predicted molar refractivity (Wildman–Crippen MR) is 84.6 cm³/mol. The summed E-state index contributed by atoms with van der Waals surface area (Å²) in [6.07, 6.45) is 0. The summed E-state index contributed by atoms with van der Waals surface area (Å²) in [6.45, 7) is 3.65. The second kappa shape index (κ2) is 6.69. The van der Waals surface area contributed by atoms with Crippen molar-refractivity contribution in [2.75, 3.05) is 19.0 Å². The van der Waals surface area contributed by atoms with Gasteiger partial charge in [0.1, 0.15) is 0 Å². The number of carbonyl (C=O) groups excluding carboxylic acids is 2. The van der Waals surface area contributed by atoms with Crippen molar-refractivity contribution < 1.29 is 14.3 Å². The fraction of sp³-hybridized carbons (Fsp3) is 0.385. The minimum atomic E-state index is -0.736. The summed E-state index contributed by atoms with van der Waals surface area (Å²) < 4.78 is 6.00. The maximum Gasteiger partial charge on any atom is 0.340 e. The van der Waals surface area contributed by atoms with Gasteiger partial charge >= 0.3 is 5.97 Å². The van der Waals surface area contributed by atoms with Crippen LogP contribution in [0.15, 0.2) is 21.1 Å². The average Bonchev–Trinajstić information content (AvgIpc) is 2.40. The van der Waals surface area contributed by atoms with Crippen LogP contribution < -0.4 is 11.1 Å². The summed E-state index contributed by atoms with van der Waals surface area (Å²) in [5.74, 6) is -0.805. The molecule has 1 aromatic rings. The Labute approximate surface area is 134 Å². The lowest BCUT2D eigenvalue weighted by Gasteiger charge is -2.22. The fourth-order valence-electron chi connectivity index (χ4n) is 1.35. The molecule has 0 aliphatic carbocycles. The minimum absolute atomic E-state index is 0.195. The van der Waals surface area contributed by atoms with E-state index in [-0.39, 0.29) is 18.0 Å². The first kappa shape index (κ1) is 17.1. The molecule has 5 nitrogen and oxygen atoms in total. The lowest BCUT2D eigenvalue weighted by molar-refractivity contribution is -0.123. The molecule has 0 saturated carbocycles. The van der Waals surface area contributed by atoms with E-state index in [1.807, 2.05) is 0 Å². The number of nitrogens with one attached hydrogen (secondary N) is 1. The topological polar surface area (TPSA) is 81.4 Å². The van der Waals surface area contributed by atoms with Gasteiger partial charge in [-0.1, -0.05) is 15.9 Å². The predicted octanol–water partition coefficient (Wildman–Crippen LogP) is 2.92. The highest BCUT2D eigenvalue weighted by Gasteiger charge is 2.28. The highest BCUT2D eigenvalue weighted by Crippen LogP contribution is 2.32. The van der Waals surface area contributed by atoms with Gasteiger partial charge in [-0.2, -0.15) is 0 Å². The lowest BCUT2D eigenvalue weighted by atomic mass is 9.92. The molecule has 0 unspecified atom stereocenters. The number of esters is 1. The summed E-state index contributed by atoms with van der Waals surface area (Å²) in [5.41, 5.74) is 5.47. The first-order chi connectivity index (χ1) is 9.22. The molecule has 1 aromatic carbocycles. The van der Waals surface area contributed by atoms with Crippen LogP contribution in [0.3, 0.4) is 0 Å². The van der Waals surface area contributed by atoms with Crippen LogP contribution in [-0.4, -0.2) is 25.5 Å². The smallest absolute Gasteiger partial charge is 0.340 e. The van der Waals surface area contributed by atoms with Gasteiger partial charge in [0, 0.05) is 15.5 Å². The number of benzene rings is 1. The molecule has 0 radical (unpaired) electrons. The number of anilines is 1. The number of ether oxygens (including phenoxy) is 1. The second-order valence-electron chi connectivity index (χ2n) is 4.84. The molecule has 0 atom stereocenters. The van der Waals surface area contributed by atoms with E-state index in [9.17, 15) is 9.59 Å². The van der Waals surface area contributed by atoms with Gasteiger partial charge in [-0.15, -0.1) is 0 Å². The van der Waals surface area contributed by atoms with Crippen molar-refractivity contribution in [2.45, 2.75) is 13.8 Å². The Kier molecular flexibility index (Phi) is 5.73. The third-order valence-corrected chi connectivity index (χ3v) is 3.91. The highest BCUT2D eigenvalue weighted by molar-refractivity contribution is 9.11. The molecule has 20 heavy (non-hydrogen) atoms. The molecular weight excluding hydrogens is 392 g/mol. The summed E-state index contributed by atoms with van der Waals surface area (Å²) in [7, 11) is 1.28. The number of hydrogen-bond donors (Lipinski definition) is 2. The SMILES string of the molecule is COC(=O)c1cc(Br)cc(Br)c1NC(=O)C(C)(C)CN. The van der Waals surface area contributed by atoms with Crippen LogP contribution in [0.5, 0.6) is 0 Å². The van der Waals surface area contributed by atoms with Gasteiger partial charge in [0.2, 0.25) is 5.91 Å². The molecule has 0 aliphatic heterocycles. The van der Waals surface area contributed by atoms with Crippen LogP contribution in [-0.2, 0) is 9.53 Å². The van der Waals surface area contributed by atoms with Crippen molar-refractivity contribution in [1.82, 2.24) is 0 Å². The van der Waals surface area contributed by atoms with Crippen LogP contribution in [0.4, 0.5) is 5.69 Å². The quantitative estimate of drug-likeness (QED) is 0.751. The van der Waals surface area contributed by atoms with Gasteiger partial charge in [-0.3, -0.25) is 4.79 Å². The molecule has 0 heterocycles. The molecule has 1 rings (SSSR count). The number of amides is 1. The van der Waals surface area contributed by atoms with Gasteiger partial charge in [-0.25, -0.2) is 4.79 Å². The molecule has 0 saturated heterocycles. The third kappa shape index (κ3) is 3.80. The van der Waals surface area contributed by atoms with Gasteiger partial charge in [0.15, 0.2) is 0 Å². The molecular formula is C13H16Br2N2O3. The third-order valence-electron chi connectivity index (χ3n) is 2.82. The maximum atomic E-state index is 12.2. The van der Waals surface area contributed by atoms with E-state index in [0.29, 0.717) is 14.6 Å². The first-order valence-electron chi connectivity index (χ1n) is 5.82. The summed E-state index contributed by atoms with van der Waals surface area (Å²) in [6, 6.07) is 3.32. The van der Waals surface area contributed by atoms with Crippen molar-refractivity contribution >= 4 is 49.4 Å². The van der Waals surface area contributed by atoms with E-state index in [0.717, 1.165) is 0 Å². The van der Waals surface area contributed by atoms with Gasteiger partial charge in [-0.05, 0) is 41.9 Å². The second-order valence-corrected chi connectivity index (χ2v) is 6.61. The molecule has 0 aliphatic rings. The summed E-state index contributed by atoms with van der Waals surface area (Å²) in [4.78, 5) is 24.0. The largest absolute Gasteiger partial charge is 0.465 e.